The maximum absolute atomic E-state index is 12.9. The van der Waals surface area contributed by atoms with Crippen LogP contribution < -0.4 is 14.5 Å². The fourth-order valence-corrected chi connectivity index (χ4v) is 3.35. The van der Waals surface area contributed by atoms with E-state index in [4.69, 9.17) is 4.74 Å². The number of fused-ring (bicyclic) bond motifs is 2. The molecule has 0 bridgehead atoms. The van der Waals surface area contributed by atoms with Crippen molar-refractivity contribution in [1.82, 2.24) is 0 Å². The van der Waals surface area contributed by atoms with Crippen molar-refractivity contribution in [1.29, 1.82) is 0 Å². The second-order valence-electron chi connectivity index (χ2n) is 6.18. The van der Waals surface area contributed by atoms with Crippen LogP contribution in [0.1, 0.15) is 22.8 Å². The van der Waals surface area contributed by atoms with E-state index in [1.165, 1.54) is 5.56 Å². The first-order chi connectivity index (χ1) is 11.6. The molecule has 2 amide bonds. The lowest BCUT2D eigenvalue weighted by Crippen LogP contribution is -2.42. The fourth-order valence-electron chi connectivity index (χ4n) is 3.35. The van der Waals surface area contributed by atoms with Crippen LogP contribution in [0.25, 0.3) is 0 Å². The summed E-state index contributed by atoms with van der Waals surface area (Å²) >= 11 is 0. The van der Waals surface area contributed by atoms with Crippen molar-refractivity contribution in [2.24, 2.45) is 0 Å². The van der Waals surface area contributed by atoms with E-state index in [2.05, 4.69) is 6.07 Å². The highest BCUT2D eigenvalue weighted by Gasteiger charge is 2.31. The second-order valence-corrected chi connectivity index (χ2v) is 6.18. The van der Waals surface area contributed by atoms with Crippen molar-refractivity contribution in [3.8, 4) is 5.75 Å². The average molecular weight is 322 g/mol. The van der Waals surface area contributed by atoms with Crippen LogP contribution in [0.2, 0.25) is 0 Å². The molecule has 0 aromatic heterocycles. The van der Waals surface area contributed by atoms with Crippen LogP contribution in [0.5, 0.6) is 5.75 Å². The first kappa shape index (κ1) is 14.8. The maximum atomic E-state index is 12.9. The Balaban J connectivity index is 1.69. The van der Waals surface area contributed by atoms with Gasteiger partial charge < -0.3 is 14.5 Å². The lowest BCUT2D eigenvalue weighted by molar-refractivity contribution is -0.125. The quantitative estimate of drug-likeness (QED) is 0.811. The first-order valence-electron chi connectivity index (χ1n) is 8.04. The Bertz CT molecular complexity index is 846. The van der Waals surface area contributed by atoms with E-state index in [0.29, 0.717) is 23.5 Å². The molecule has 0 aliphatic carbocycles. The largest absolute Gasteiger partial charge is 0.479 e. The van der Waals surface area contributed by atoms with Gasteiger partial charge in [-0.2, -0.15) is 0 Å². The van der Waals surface area contributed by atoms with E-state index in [1.807, 2.05) is 18.2 Å². The van der Waals surface area contributed by atoms with Gasteiger partial charge in [-0.25, -0.2) is 0 Å². The molecule has 4 rings (SSSR count). The third-order valence-corrected chi connectivity index (χ3v) is 4.68. The molecule has 5 nitrogen and oxygen atoms in total. The van der Waals surface area contributed by atoms with E-state index < -0.39 is 6.10 Å². The number of ether oxygens (including phenoxy) is 1. The van der Waals surface area contributed by atoms with Gasteiger partial charge in [0.05, 0.1) is 5.69 Å². The predicted molar refractivity (Wildman–Crippen MR) is 91.8 cm³/mol. The molecule has 5 heteroatoms. The third-order valence-electron chi connectivity index (χ3n) is 4.68. The molecule has 0 saturated heterocycles. The zero-order chi connectivity index (χ0) is 16.8. The Morgan fingerprint density at radius 3 is 2.79 bits per heavy atom. The molecular formula is C19H18N2O3. The van der Waals surface area contributed by atoms with Gasteiger partial charge in [-0.05, 0) is 43.2 Å². The van der Waals surface area contributed by atoms with Gasteiger partial charge in [-0.3, -0.25) is 9.59 Å². The number of hydrogen-bond donors (Lipinski definition) is 0. The Hall–Kier alpha value is -2.82. The summed E-state index contributed by atoms with van der Waals surface area (Å²) in [5.74, 6) is 0.462. The standard InChI is InChI=1S/C19H18N2O3/c1-12-18(22)20(2)16-11-14(7-8-17(16)24-12)19(23)21-10-9-13-5-3-4-6-15(13)21/h3-8,11-12H,9-10H2,1-2H3. The predicted octanol–water partition coefficient (Wildman–Crippen LogP) is 2.63. The number of hydrogen-bond acceptors (Lipinski definition) is 3. The Labute approximate surface area is 140 Å². The van der Waals surface area contributed by atoms with Crippen molar-refractivity contribution >= 4 is 23.2 Å². The average Bonchev–Trinajstić information content (AvgIpc) is 3.03. The first-order valence-corrected chi connectivity index (χ1v) is 8.04. The lowest BCUT2D eigenvalue weighted by atomic mass is 10.1. The van der Waals surface area contributed by atoms with E-state index in [-0.39, 0.29) is 11.8 Å². The van der Waals surface area contributed by atoms with Crippen molar-refractivity contribution in [2.45, 2.75) is 19.4 Å². The summed E-state index contributed by atoms with van der Waals surface area (Å²) in [6.45, 7) is 2.40. The summed E-state index contributed by atoms with van der Waals surface area (Å²) in [5.41, 5.74) is 3.35. The van der Waals surface area contributed by atoms with Gasteiger partial charge in [-0.1, -0.05) is 18.2 Å². The Morgan fingerprint density at radius 2 is 1.96 bits per heavy atom. The molecule has 1 unspecified atom stereocenters. The summed E-state index contributed by atoms with van der Waals surface area (Å²) in [6.07, 6.45) is 0.362. The smallest absolute Gasteiger partial charge is 0.267 e. The van der Waals surface area contributed by atoms with E-state index in [0.717, 1.165) is 12.1 Å². The van der Waals surface area contributed by atoms with E-state index >= 15 is 0 Å². The summed E-state index contributed by atoms with van der Waals surface area (Å²) in [7, 11) is 1.71. The number of carbonyl (C=O) groups excluding carboxylic acids is 2. The highest BCUT2D eigenvalue weighted by molar-refractivity contribution is 6.09. The third kappa shape index (κ3) is 2.16. The molecule has 2 aromatic rings. The number of rotatable bonds is 1. The number of benzene rings is 2. The molecule has 24 heavy (non-hydrogen) atoms. The maximum Gasteiger partial charge on any atom is 0.267 e. The molecule has 122 valence electrons. The highest BCUT2D eigenvalue weighted by atomic mass is 16.5. The van der Waals surface area contributed by atoms with Crippen LogP contribution >= 0.6 is 0 Å². The van der Waals surface area contributed by atoms with Gasteiger partial charge in [0.25, 0.3) is 11.8 Å². The van der Waals surface area contributed by atoms with Gasteiger partial charge in [0.2, 0.25) is 0 Å². The summed E-state index contributed by atoms with van der Waals surface area (Å²) in [4.78, 5) is 28.4. The second kappa shape index (κ2) is 5.37. The minimum absolute atomic E-state index is 0.0535. The van der Waals surface area contributed by atoms with Crippen LogP contribution in [0, 0.1) is 0 Å². The van der Waals surface area contributed by atoms with E-state index in [1.54, 1.807) is 42.0 Å². The Kier molecular flexibility index (Phi) is 3.30. The van der Waals surface area contributed by atoms with Gasteiger partial charge in [0, 0.05) is 24.8 Å². The number of amides is 2. The number of likely N-dealkylation sites (N-methyl/N-ethyl adjacent to an activating group) is 1. The molecule has 2 heterocycles. The molecule has 0 fully saturated rings. The summed E-state index contributed by atoms with van der Waals surface area (Å²) in [5, 5.41) is 0. The highest BCUT2D eigenvalue weighted by Crippen LogP contribution is 2.35. The van der Waals surface area contributed by atoms with Crippen molar-refractivity contribution in [3.05, 3.63) is 53.6 Å². The van der Waals surface area contributed by atoms with Crippen molar-refractivity contribution in [3.63, 3.8) is 0 Å². The van der Waals surface area contributed by atoms with Crippen LogP contribution in [0.4, 0.5) is 11.4 Å². The van der Waals surface area contributed by atoms with Crippen LogP contribution in [-0.4, -0.2) is 31.5 Å². The van der Waals surface area contributed by atoms with E-state index in [9.17, 15) is 9.59 Å². The molecule has 0 radical (unpaired) electrons. The van der Waals surface area contributed by atoms with Crippen molar-refractivity contribution < 1.29 is 14.3 Å². The number of anilines is 2. The summed E-state index contributed by atoms with van der Waals surface area (Å²) < 4.78 is 5.61. The fraction of sp³-hybridized carbons (Fsp3) is 0.263. The number of nitrogens with zero attached hydrogens (tertiary/aromatic N) is 2. The molecular weight excluding hydrogens is 304 g/mol. The molecule has 0 spiro atoms. The van der Waals surface area contributed by atoms with Crippen LogP contribution in [0.15, 0.2) is 42.5 Å². The SMILES string of the molecule is CC1Oc2ccc(C(=O)N3CCc4ccccc43)cc2N(C)C1=O. The summed E-state index contributed by atoms with van der Waals surface area (Å²) in [6, 6.07) is 13.2. The van der Waals surface area contributed by atoms with Crippen LogP contribution in [0.3, 0.4) is 0 Å². The zero-order valence-electron chi connectivity index (χ0n) is 13.7. The van der Waals surface area contributed by atoms with Gasteiger partial charge in [0.15, 0.2) is 6.10 Å². The minimum Gasteiger partial charge on any atom is -0.479 e. The lowest BCUT2D eigenvalue weighted by Gasteiger charge is -2.30. The number of para-hydroxylation sites is 1. The molecule has 2 aliphatic rings. The zero-order valence-corrected chi connectivity index (χ0v) is 13.7. The molecule has 0 saturated carbocycles. The molecule has 2 aromatic carbocycles. The number of carbonyl (C=O) groups is 2. The molecule has 0 N–H and O–H groups in total. The monoisotopic (exact) mass is 322 g/mol. The normalized spacial score (nSPS) is 18.9. The van der Waals surface area contributed by atoms with Crippen LogP contribution in [-0.2, 0) is 11.2 Å². The van der Waals surface area contributed by atoms with Crippen molar-refractivity contribution in [2.75, 3.05) is 23.4 Å². The van der Waals surface area contributed by atoms with Gasteiger partial charge in [0.1, 0.15) is 5.75 Å². The minimum atomic E-state index is -0.505. The topological polar surface area (TPSA) is 49.9 Å². The van der Waals surface area contributed by atoms with Gasteiger partial charge in [-0.15, -0.1) is 0 Å². The van der Waals surface area contributed by atoms with Gasteiger partial charge >= 0.3 is 0 Å². The molecule has 1 atom stereocenters. The Morgan fingerprint density at radius 1 is 1.17 bits per heavy atom. The molecule has 2 aliphatic heterocycles.